The van der Waals surface area contributed by atoms with Crippen molar-refractivity contribution in [3.8, 4) is 0 Å². The fourth-order valence-corrected chi connectivity index (χ4v) is 2.32. The number of anilines is 1. The Morgan fingerprint density at radius 2 is 1.80 bits per heavy atom. The molecule has 0 fully saturated rings. The second-order valence-electron chi connectivity index (χ2n) is 5.32. The van der Waals surface area contributed by atoms with Gasteiger partial charge in [0.1, 0.15) is 0 Å². The van der Waals surface area contributed by atoms with E-state index in [-0.39, 0.29) is 12.2 Å². The maximum Gasteiger partial charge on any atom is 0.417 e. The fraction of sp³-hybridized carbons (Fsp3) is 0.176. The molecule has 4 nitrogen and oxygen atoms in total. The second-order valence-corrected chi connectivity index (χ2v) is 5.73. The van der Waals surface area contributed by atoms with E-state index in [9.17, 15) is 22.8 Å². The van der Waals surface area contributed by atoms with Crippen LogP contribution >= 0.6 is 11.6 Å². The molecule has 2 rings (SSSR count). The van der Waals surface area contributed by atoms with E-state index in [1.807, 2.05) is 25.1 Å². The van der Waals surface area contributed by atoms with E-state index < -0.39 is 28.6 Å². The second kappa shape index (κ2) is 7.57. The Bertz CT molecular complexity index is 807. The first-order chi connectivity index (χ1) is 11.7. The number of benzene rings is 2. The minimum Gasteiger partial charge on any atom is -0.344 e. The number of carbonyl (C=O) groups excluding carboxylic acids is 2. The number of halogens is 4. The zero-order chi connectivity index (χ0) is 18.6. The van der Waals surface area contributed by atoms with Gasteiger partial charge in [-0.25, -0.2) is 0 Å². The van der Waals surface area contributed by atoms with Crippen molar-refractivity contribution < 1.29 is 22.8 Å². The zero-order valence-corrected chi connectivity index (χ0v) is 13.8. The average molecular weight is 371 g/mol. The van der Waals surface area contributed by atoms with Crippen LogP contribution in [0.15, 0.2) is 42.5 Å². The summed E-state index contributed by atoms with van der Waals surface area (Å²) in [5, 5.41) is 4.03. The van der Waals surface area contributed by atoms with Crippen LogP contribution < -0.4 is 10.6 Å². The van der Waals surface area contributed by atoms with Crippen LogP contribution in [-0.4, -0.2) is 11.8 Å². The predicted octanol–water partition coefficient (Wildman–Crippen LogP) is 3.92. The fourth-order valence-electron chi connectivity index (χ4n) is 2.09. The van der Waals surface area contributed by atoms with E-state index >= 15 is 0 Å². The lowest BCUT2D eigenvalue weighted by atomic mass is 10.1. The standard InChI is InChI=1S/C17H14ClF3N2O2/c1-10-3-2-4-11(7-10)9-22-15(24)16(25)23-12-5-6-14(18)13(8-12)17(19,20)21/h2-8H,9H2,1H3,(H,22,24)(H,23,25). The van der Waals surface area contributed by atoms with E-state index in [2.05, 4.69) is 10.6 Å². The summed E-state index contributed by atoms with van der Waals surface area (Å²) >= 11 is 5.50. The summed E-state index contributed by atoms with van der Waals surface area (Å²) in [6, 6.07) is 10.2. The van der Waals surface area contributed by atoms with Gasteiger partial charge in [-0.05, 0) is 30.7 Å². The Labute approximate surface area is 147 Å². The molecule has 2 amide bonds. The van der Waals surface area contributed by atoms with Crippen molar-refractivity contribution in [3.05, 3.63) is 64.2 Å². The van der Waals surface area contributed by atoms with Crippen molar-refractivity contribution >= 4 is 29.1 Å². The number of hydrogen-bond acceptors (Lipinski definition) is 2. The molecule has 132 valence electrons. The molecule has 0 aliphatic rings. The van der Waals surface area contributed by atoms with Crippen LogP contribution in [0.3, 0.4) is 0 Å². The molecule has 0 atom stereocenters. The Kier molecular flexibility index (Phi) is 5.69. The average Bonchev–Trinajstić information content (AvgIpc) is 2.53. The molecule has 0 aliphatic carbocycles. The van der Waals surface area contributed by atoms with Crippen LogP contribution in [0, 0.1) is 6.92 Å². The van der Waals surface area contributed by atoms with Gasteiger partial charge < -0.3 is 10.6 Å². The Hall–Kier alpha value is -2.54. The molecule has 0 saturated carbocycles. The topological polar surface area (TPSA) is 58.2 Å². The van der Waals surface area contributed by atoms with E-state index in [1.54, 1.807) is 6.07 Å². The highest BCUT2D eigenvalue weighted by Crippen LogP contribution is 2.36. The van der Waals surface area contributed by atoms with Gasteiger partial charge in [-0.1, -0.05) is 41.4 Å². The number of aryl methyl sites for hydroxylation is 1. The first kappa shape index (κ1) is 18.8. The summed E-state index contributed by atoms with van der Waals surface area (Å²) in [5.41, 5.74) is 0.531. The van der Waals surface area contributed by atoms with Crippen molar-refractivity contribution in [3.63, 3.8) is 0 Å². The highest BCUT2D eigenvalue weighted by Gasteiger charge is 2.33. The van der Waals surface area contributed by atoms with E-state index in [0.717, 1.165) is 17.2 Å². The SMILES string of the molecule is Cc1cccc(CNC(=O)C(=O)Nc2ccc(Cl)c(C(F)(F)F)c2)c1. The van der Waals surface area contributed by atoms with E-state index in [1.165, 1.54) is 6.07 Å². The summed E-state index contributed by atoms with van der Waals surface area (Å²) in [5.74, 6) is -2.02. The number of amides is 2. The number of alkyl halides is 3. The smallest absolute Gasteiger partial charge is 0.344 e. The number of rotatable bonds is 3. The van der Waals surface area contributed by atoms with Gasteiger partial charge in [0.05, 0.1) is 10.6 Å². The number of nitrogens with one attached hydrogen (secondary N) is 2. The molecule has 0 aromatic heterocycles. The molecule has 25 heavy (non-hydrogen) atoms. The molecule has 0 aliphatic heterocycles. The predicted molar refractivity (Wildman–Crippen MR) is 88.1 cm³/mol. The summed E-state index contributed by atoms with van der Waals surface area (Å²) in [6.07, 6.45) is -4.66. The van der Waals surface area contributed by atoms with Crippen LogP contribution in [0.2, 0.25) is 5.02 Å². The number of carbonyl (C=O) groups is 2. The van der Waals surface area contributed by atoms with Crippen LogP contribution in [0.25, 0.3) is 0 Å². The maximum atomic E-state index is 12.8. The lowest BCUT2D eigenvalue weighted by molar-refractivity contribution is -0.137. The molecule has 0 unspecified atom stereocenters. The highest BCUT2D eigenvalue weighted by molar-refractivity contribution is 6.39. The third-order valence-corrected chi connectivity index (χ3v) is 3.60. The van der Waals surface area contributed by atoms with Crippen molar-refractivity contribution in [1.82, 2.24) is 5.32 Å². The van der Waals surface area contributed by atoms with Crippen molar-refractivity contribution in [2.24, 2.45) is 0 Å². The lowest BCUT2D eigenvalue weighted by Crippen LogP contribution is -2.35. The van der Waals surface area contributed by atoms with Gasteiger partial charge in [-0.15, -0.1) is 0 Å². The molecule has 2 N–H and O–H groups in total. The molecular formula is C17H14ClF3N2O2. The van der Waals surface area contributed by atoms with Crippen molar-refractivity contribution in [1.29, 1.82) is 0 Å². The monoisotopic (exact) mass is 370 g/mol. The van der Waals surface area contributed by atoms with Crippen molar-refractivity contribution in [2.45, 2.75) is 19.6 Å². The largest absolute Gasteiger partial charge is 0.417 e. The van der Waals surface area contributed by atoms with Gasteiger partial charge in [0, 0.05) is 12.2 Å². The van der Waals surface area contributed by atoms with Gasteiger partial charge in [-0.3, -0.25) is 9.59 Å². The molecule has 0 heterocycles. The van der Waals surface area contributed by atoms with Crippen LogP contribution in [0.1, 0.15) is 16.7 Å². The maximum absolute atomic E-state index is 12.8. The summed E-state index contributed by atoms with van der Waals surface area (Å²) < 4.78 is 38.4. The zero-order valence-electron chi connectivity index (χ0n) is 13.1. The quantitative estimate of drug-likeness (QED) is 0.804. The Balaban J connectivity index is 2.00. The first-order valence-electron chi connectivity index (χ1n) is 7.18. The lowest BCUT2D eigenvalue weighted by Gasteiger charge is -2.12. The molecule has 0 bridgehead atoms. The highest BCUT2D eigenvalue weighted by atomic mass is 35.5. The molecule has 8 heteroatoms. The molecule has 0 spiro atoms. The van der Waals surface area contributed by atoms with E-state index in [0.29, 0.717) is 6.07 Å². The summed E-state index contributed by atoms with van der Waals surface area (Å²) in [6.45, 7) is 2.01. The van der Waals surface area contributed by atoms with Gasteiger partial charge >= 0.3 is 18.0 Å². The summed E-state index contributed by atoms with van der Waals surface area (Å²) in [4.78, 5) is 23.6. The Morgan fingerprint density at radius 1 is 1.08 bits per heavy atom. The van der Waals surface area contributed by atoms with Gasteiger partial charge in [0.15, 0.2) is 0 Å². The minimum atomic E-state index is -4.66. The van der Waals surface area contributed by atoms with E-state index in [4.69, 9.17) is 11.6 Å². The van der Waals surface area contributed by atoms with Gasteiger partial charge in [-0.2, -0.15) is 13.2 Å². The Morgan fingerprint density at radius 3 is 2.44 bits per heavy atom. The normalized spacial score (nSPS) is 11.1. The number of hydrogen-bond donors (Lipinski definition) is 2. The van der Waals surface area contributed by atoms with Crippen LogP contribution in [-0.2, 0) is 22.3 Å². The van der Waals surface area contributed by atoms with Crippen molar-refractivity contribution in [2.75, 3.05) is 5.32 Å². The molecular weight excluding hydrogens is 357 g/mol. The molecule has 0 saturated heterocycles. The summed E-state index contributed by atoms with van der Waals surface area (Å²) in [7, 11) is 0. The molecule has 2 aromatic rings. The molecule has 0 radical (unpaired) electrons. The van der Waals surface area contributed by atoms with Gasteiger partial charge in [0.25, 0.3) is 0 Å². The third kappa shape index (κ3) is 5.22. The minimum absolute atomic E-state index is 0.127. The van der Waals surface area contributed by atoms with Crippen LogP contribution in [0.5, 0.6) is 0 Å². The van der Waals surface area contributed by atoms with Gasteiger partial charge in [0.2, 0.25) is 0 Å². The first-order valence-corrected chi connectivity index (χ1v) is 7.56. The molecule has 2 aromatic carbocycles. The third-order valence-electron chi connectivity index (χ3n) is 3.27. The van der Waals surface area contributed by atoms with Crippen LogP contribution in [0.4, 0.5) is 18.9 Å².